The topological polar surface area (TPSA) is 75.6 Å². The minimum atomic E-state index is -1.06. The number of halogens is 1. The molecular weight excluding hydrogens is 330 g/mol. The van der Waals surface area contributed by atoms with Crippen molar-refractivity contribution in [3.63, 3.8) is 0 Å². The fraction of sp³-hybridized carbons (Fsp3) is 0.222. The minimum Gasteiger partial charge on any atom is -0.497 e. The number of ether oxygens (including phenoxy) is 1. The maximum absolute atomic E-state index is 12.2. The molecule has 6 heteroatoms. The number of carbonyl (C=O) groups excluding carboxylic acids is 1. The van der Waals surface area contributed by atoms with Crippen LogP contribution in [-0.4, -0.2) is 30.0 Å². The zero-order valence-corrected chi connectivity index (χ0v) is 13.9. The first kappa shape index (κ1) is 18.0. The Labute approximate surface area is 145 Å². The lowest BCUT2D eigenvalue weighted by molar-refractivity contribution is -0.139. The van der Waals surface area contributed by atoms with Crippen LogP contribution in [0.2, 0.25) is 5.02 Å². The van der Waals surface area contributed by atoms with E-state index in [2.05, 4.69) is 5.32 Å². The zero-order chi connectivity index (χ0) is 17.5. The Kier molecular flexibility index (Phi) is 6.35. The van der Waals surface area contributed by atoms with Crippen molar-refractivity contribution < 1.29 is 19.4 Å². The molecule has 0 saturated heterocycles. The Hall–Kier alpha value is -2.37. The van der Waals surface area contributed by atoms with E-state index in [0.29, 0.717) is 17.1 Å². The van der Waals surface area contributed by atoms with Gasteiger partial charge in [0, 0.05) is 23.6 Å². The highest BCUT2D eigenvalue weighted by molar-refractivity contribution is 6.30. The summed E-state index contributed by atoms with van der Waals surface area (Å²) in [7, 11) is 1.58. The lowest BCUT2D eigenvalue weighted by Crippen LogP contribution is -2.38. The highest BCUT2D eigenvalue weighted by atomic mass is 35.5. The fourth-order valence-corrected chi connectivity index (χ4v) is 2.30. The summed E-state index contributed by atoms with van der Waals surface area (Å²) in [6.07, 6.45) is -0.132. The highest BCUT2D eigenvalue weighted by Crippen LogP contribution is 2.13. The van der Waals surface area contributed by atoms with E-state index >= 15 is 0 Å². The van der Waals surface area contributed by atoms with Gasteiger partial charge in [0.2, 0.25) is 0 Å². The predicted molar refractivity (Wildman–Crippen MR) is 91.7 cm³/mol. The molecule has 24 heavy (non-hydrogen) atoms. The van der Waals surface area contributed by atoms with Crippen molar-refractivity contribution >= 4 is 23.4 Å². The Morgan fingerprint density at radius 2 is 1.75 bits per heavy atom. The SMILES string of the molecule is COc1ccc(CN[C@@H](CC(=O)c2ccc(Cl)cc2)C(=O)O)cc1. The second-order valence-corrected chi connectivity index (χ2v) is 5.69. The monoisotopic (exact) mass is 347 g/mol. The van der Waals surface area contributed by atoms with E-state index in [1.807, 2.05) is 12.1 Å². The van der Waals surface area contributed by atoms with E-state index in [1.54, 1.807) is 43.5 Å². The lowest BCUT2D eigenvalue weighted by atomic mass is 10.0. The molecule has 0 spiro atoms. The molecule has 0 saturated carbocycles. The molecule has 5 nitrogen and oxygen atoms in total. The van der Waals surface area contributed by atoms with Gasteiger partial charge in [-0.3, -0.25) is 14.9 Å². The largest absolute Gasteiger partial charge is 0.497 e. The number of hydrogen-bond acceptors (Lipinski definition) is 4. The van der Waals surface area contributed by atoms with Crippen LogP contribution in [0.1, 0.15) is 22.3 Å². The van der Waals surface area contributed by atoms with Crippen LogP contribution in [0.3, 0.4) is 0 Å². The van der Waals surface area contributed by atoms with Gasteiger partial charge in [-0.1, -0.05) is 23.7 Å². The molecule has 0 aromatic heterocycles. The summed E-state index contributed by atoms with van der Waals surface area (Å²) in [5.74, 6) is -0.585. The van der Waals surface area contributed by atoms with E-state index < -0.39 is 12.0 Å². The van der Waals surface area contributed by atoms with Crippen LogP contribution < -0.4 is 10.1 Å². The molecule has 126 valence electrons. The normalized spacial score (nSPS) is 11.8. The second kappa shape index (κ2) is 8.47. The van der Waals surface area contributed by atoms with Gasteiger partial charge in [-0.25, -0.2) is 0 Å². The molecule has 0 aliphatic carbocycles. The highest BCUT2D eigenvalue weighted by Gasteiger charge is 2.21. The first-order valence-electron chi connectivity index (χ1n) is 7.37. The number of hydrogen-bond donors (Lipinski definition) is 2. The maximum atomic E-state index is 12.2. The molecule has 0 aliphatic rings. The summed E-state index contributed by atoms with van der Waals surface area (Å²) in [6, 6.07) is 12.7. The number of benzene rings is 2. The Balaban J connectivity index is 1.97. The molecule has 2 rings (SSSR count). The Morgan fingerprint density at radius 1 is 1.12 bits per heavy atom. The van der Waals surface area contributed by atoms with Crippen molar-refractivity contribution in [2.75, 3.05) is 7.11 Å². The van der Waals surface area contributed by atoms with Gasteiger partial charge in [0.25, 0.3) is 0 Å². The van der Waals surface area contributed by atoms with Gasteiger partial charge in [0.05, 0.1) is 7.11 Å². The van der Waals surface area contributed by atoms with Gasteiger partial charge >= 0.3 is 5.97 Å². The molecule has 1 atom stereocenters. The number of rotatable bonds is 8. The quantitative estimate of drug-likeness (QED) is 0.717. The smallest absolute Gasteiger partial charge is 0.321 e. The van der Waals surface area contributed by atoms with Gasteiger partial charge in [0.15, 0.2) is 5.78 Å². The van der Waals surface area contributed by atoms with Crippen LogP contribution in [-0.2, 0) is 11.3 Å². The van der Waals surface area contributed by atoms with Gasteiger partial charge in [0.1, 0.15) is 11.8 Å². The number of carboxylic acid groups (broad SMARTS) is 1. The van der Waals surface area contributed by atoms with Crippen molar-refractivity contribution in [1.29, 1.82) is 0 Å². The van der Waals surface area contributed by atoms with E-state index in [9.17, 15) is 14.7 Å². The first-order valence-corrected chi connectivity index (χ1v) is 7.75. The van der Waals surface area contributed by atoms with Crippen molar-refractivity contribution in [3.05, 3.63) is 64.7 Å². The first-order chi connectivity index (χ1) is 11.5. The number of Topliss-reactive ketones (excluding diaryl/α,β-unsaturated/α-hetero) is 1. The number of aliphatic carboxylic acids is 1. The van der Waals surface area contributed by atoms with E-state index in [4.69, 9.17) is 16.3 Å². The number of carboxylic acids is 1. The molecule has 2 N–H and O–H groups in total. The van der Waals surface area contributed by atoms with Crippen molar-refractivity contribution in [3.8, 4) is 5.75 Å². The standard InChI is InChI=1S/C18H18ClNO4/c1-24-15-8-2-12(3-9-15)11-20-16(18(22)23)10-17(21)13-4-6-14(19)7-5-13/h2-9,16,20H,10-11H2,1H3,(H,22,23)/t16-/m0/s1. The molecular formula is C18H18ClNO4. The third-order valence-corrected chi connectivity index (χ3v) is 3.82. The van der Waals surface area contributed by atoms with Crippen molar-refractivity contribution in [1.82, 2.24) is 5.32 Å². The molecule has 0 unspecified atom stereocenters. The number of nitrogens with one attached hydrogen (secondary N) is 1. The van der Waals surface area contributed by atoms with Gasteiger partial charge in [-0.2, -0.15) is 0 Å². The van der Waals surface area contributed by atoms with Crippen LogP contribution in [0.5, 0.6) is 5.75 Å². The summed E-state index contributed by atoms with van der Waals surface area (Å²) in [5, 5.41) is 12.7. The molecule has 2 aromatic rings. The molecule has 0 radical (unpaired) electrons. The van der Waals surface area contributed by atoms with Crippen LogP contribution in [0.4, 0.5) is 0 Å². The summed E-state index contributed by atoms with van der Waals surface area (Å²) >= 11 is 5.79. The van der Waals surface area contributed by atoms with E-state index in [-0.39, 0.29) is 12.2 Å². The maximum Gasteiger partial charge on any atom is 0.321 e. The lowest BCUT2D eigenvalue weighted by Gasteiger charge is -2.14. The third kappa shape index (κ3) is 5.08. The van der Waals surface area contributed by atoms with Gasteiger partial charge < -0.3 is 9.84 Å². The van der Waals surface area contributed by atoms with Gasteiger partial charge in [-0.05, 0) is 42.0 Å². The third-order valence-electron chi connectivity index (χ3n) is 3.57. The Bertz CT molecular complexity index is 698. The fourth-order valence-electron chi connectivity index (χ4n) is 2.17. The van der Waals surface area contributed by atoms with Crippen LogP contribution in [0.25, 0.3) is 0 Å². The number of carbonyl (C=O) groups is 2. The predicted octanol–water partition coefficient (Wildman–Crippen LogP) is 3.16. The molecule has 2 aromatic carbocycles. The molecule has 0 aliphatic heterocycles. The zero-order valence-electron chi connectivity index (χ0n) is 13.2. The molecule has 0 bridgehead atoms. The number of ketones is 1. The van der Waals surface area contributed by atoms with E-state index in [0.717, 1.165) is 11.3 Å². The Morgan fingerprint density at radius 3 is 2.29 bits per heavy atom. The van der Waals surface area contributed by atoms with Crippen LogP contribution >= 0.6 is 11.6 Å². The van der Waals surface area contributed by atoms with Crippen LogP contribution in [0.15, 0.2) is 48.5 Å². The molecule has 0 fully saturated rings. The average molecular weight is 348 g/mol. The summed E-state index contributed by atoms with van der Waals surface area (Å²) in [4.78, 5) is 23.6. The average Bonchev–Trinajstić information content (AvgIpc) is 2.59. The van der Waals surface area contributed by atoms with Crippen molar-refractivity contribution in [2.24, 2.45) is 0 Å². The minimum absolute atomic E-state index is 0.132. The molecule has 0 amide bonds. The second-order valence-electron chi connectivity index (χ2n) is 5.25. The number of methoxy groups -OCH3 is 1. The molecule has 0 heterocycles. The van der Waals surface area contributed by atoms with Crippen LogP contribution in [0, 0.1) is 0 Å². The summed E-state index contributed by atoms with van der Waals surface area (Å²) in [5.41, 5.74) is 1.35. The summed E-state index contributed by atoms with van der Waals surface area (Å²) in [6.45, 7) is 0.342. The summed E-state index contributed by atoms with van der Waals surface area (Å²) < 4.78 is 5.07. The van der Waals surface area contributed by atoms with Gasteiger partial charge in [-0.15, -0.1) is 0 Å². The van der Waals surface area contributed by atoms with Crippen molar-refractivity contribution in [2.45, 2.75) is 19.0 Å². The van der Waals surface area contributed by atoms with E-state index in [1.165, 1.54) is 0 Å².